The molecule has 0 bridgehead atoms. The first-order valence-corrected chi connectivity index (χ1v) is 12.4. The molecule has 0 atom stereocenters. The molecule has 4 aromatic rings. The summed E-state index contributed by atoms with van der Waals surface area (Å²) in [4.78, 5) is 4.73. The van der Waals surface area contributed by atoms with Crippen LogP contribution in [0.25, 0.3) is 0 Å². The normalized spacial score (nSPS) is 14.1. The Kier molecular flexibility index (Phi) is 8.10. The van der Waals surface area contributed by atoms with Gasteiger partial charge >= 0.3 is 0 Å². The molecule has 0 aliphatic carbocycles. The summed E-state index contributed by atoms with van der Waals surface area (Å²) in [7, 11) is 0. The summed E-state index contributed by atoms with van der Waals surface area (Å²) in [5.41, 5.74) is 2.74. The predicted octanol–water partition coefficient (Wildman–Crippen LogP) is 7.49. The molecule has 0 unspecified atom stereocenters. The number of hydrogen-bond donors (Lipinski definition) is 1. The number of azo groups is 1. The van der Waals surface area contributed by atoms with Crippen molar-refractivity contribution in [3.8, 4) is 23.0 Å². The van der Waals surface area contributed by atoms with Crippen LogP contribution in [0.3, 0.4) is 0 Å². The molecule has 8 heteroatoms. The highest BCUT2D eigenvalue weighted by atomic mass is 16.5. The third kappa shape index (κ3) is 6.47. The molecule has 0 radical (unpaired) electrons. The van der Waals surface area contributed by atoms with E-state index in [1.807, 2.05) is 104 Å². The Hall–Kier alpha value is -4.85. The summed E-state index contributed by atoms with van der Waals surface area (Å²) >= 11 is 0. The van der Waals surface area contributed by atoms with Crippen LogP contribution in [0.5, 0.6) is 23.0 Å². The van der Waals surface area contributed by atoms with Gasteiger partial charge in [0.1, 0.15) is 72.3 Å². The van der Waals surface area contributed by atoms with E-state index in [2.05, 4.69) is 15.5 Å². The van der Waals surface area contributed by atoms with Crippen molar-refractivity contribution in [2.24, 2.45) is 15.2 Å². The van der Waals surface area contributed by atoms with Gasteiger partial charge in [0, 0.05) is 0 Å². The highest BCUT2D eigenvalue weighted by Crippen LogP contribution is 2.33. The van der Waals surface area contributed by atoms with Gasteiger partial charge in [-0.05, 0) is 55.5 Å². The van der Waals surface area contributed by atoms with Gasteiger partial charge in [0.25, 0.3) is 0 Å². The Bertz CT molecular complexity index is 1440. The van der Waals surface area contributed by atoms with Gasteiger partial charge in [0.2, 0.25) is 0 Å². The maximum absolute atomic E-state index is 6.03. The summed E-state index contributed by atoms with van der Waals surface area (Å²) in [6.07, 6.45) is 0. The molecule has 1 aliphatic heterocycles. The zero-order valence-corrected chi connectivity index (χ0v) is 21.0. The molecule has 0 saturated heterocycles. The van der Waals surface area contributed by atoms with Crippen LogP contribution in [-0.4, -0.2) is 32.3 Å². The van der Waals surface area contributed by atoms with Crippen molar-refractivity contribution in [1.82, 2.24) is 0 Å². The lowest BCUT2D eigenvalue weighted by atomic mass is 10.3. The van der Waals surface area contributed by atoms with E-state index >= 15 is 0 Å². The molecule has 0 aromatic heterocycles. The third-order valence-electron chi connectivity index (χ3n) is 5.55. The highest BCUT2D eigenvalue weighted by Gasteiger charge is 2.09. The van der Waals surface area contributed by atoms with Crippen molar-refractivity contribution < 1.29 is 18.9 Å². The summed E-state index contributed by atoms with van der Waals surface area (Å²) < 4.78 is 24.0. The molecule has 192 valence electrons. The van der Waals surface area contributed by atoms with E-state index in [1.54, 1.807) is 0 Å². The SMILES string of the molecule is CC1=Nc2ccccc2OCCOc2ccccc2N=Nc2ccccc2OCCOc2ccccc2N1. The van der Waals surface area contributed by atoms with Crippen molar-refractivity contribution >= 4 is 28.6 Å². The van der Waals surface area contributed by atoms with E-state index in [0.717, 1.165) is 5.69 Å². The monoisotopic (exact) mass is 508 g/mol. The number of ether oxygens (including phenoxy) is 4. The van der Waals surface area contributed by atoms with Gasteiger partial charge in [-0.2, -0.15) is 0 Å². The number of anilines is 1. The summed E-state index contributed by atoms with van der Waals surface area (Å²) in [6.45, 7) is 3.23. The first-order chi connectivity index (χ1) is 18.8. The average molecular weight is 509 g/mol. The largest absolute Gasteiger partial charge is 0.488 e. The number of benzene rings is 4. The van der Waals surface area contributed by atoms with Gasteiger partial charge in [-0.25, -0.2) is 4.99 Å². The number of nitrogens with zero attached hydrogens (tertiary/aromatic N) is 3. The third-order valence-corrected chi connectivity index (χ3v) is 5.55. The second kappa shape index (κ2) is 12.4. The van der Waals surface area contributed by atoms with Crippen molar-refractivity contribution in [2.75, 3.05) is 31.7 Å². The quantitative estimate of drug-likeness (QED) is 0.266. The van der Waals surface area contributed by atoms with E-state index in [0.29, 0.717) is 72.3 Å². The van der Waals surface area contributed by atoms with Crippen molar-refractivity contribution in [3.05, 3.63) is 97.1 Å². The predicted molar refractivity (Wildman–Crippen MR) is 148 cm³/mol. The minimum Gasteiger partial charge on any atom is -0.488 e. The van der Waals surface area contributed by atoms with Gasteiger partial charge in [0.15, 0.2) is 0 Å². The zero-order valence-electron chi connectivity index (χ0n) is 21.0. The first kappa shape index (κ1) is 24.8. The molecule has 8 nitrogen and oxygen atoms in total. The van der Waals surface area contributed by atoms with Crippen LogP contribution >= 0.6 is 0 Å². The fraction of sp³-hybridized carbons (Fsp3) is 0.167. The molecule has 5 rings (SSSR count). The van der Waals surface area contributed by atoms with E-state index in [4.69, 9.17) is 23.9 Å². The van der Waals surface area contributed by atoms with E-state index in [1.165, 1.54) is 0 Å². The zero-order chi connectivity index (χ0) is 26.0. The van der Waals surface area contributed by atoms with Crippen molar-refractivity contribution in [2.45, 2.75) is 6.92 Å². The number of aliphatic imine (C=N–C) groups is 1. The Labute approximate surface area is 221 Å². The van der Waals surface area contributed by atoms with Gasteiger partial charge < -0.3 is 24.3 Å². The molecule has 1 N–H and O–H groups in total. The number of para-hydroxylation sites is 6. The van der Waals surface area contributed by atoms with Crippen LogP contribution in [-0.2, 0) is 0 Å². The second-order valence-corrected chi connectivity index (χ2v) is 8.32. The fourth-order valence-corrected chi connectivity index (χ4v) is 3.81. The van der Waals surface area contributed by atoms with Crippen LogP contribution in [0, 0.1) is 0 Å². The van der Waals surface area contributed by atoms with Crippen LogP contribution in [0.1, 0.15) is 6.92 Å². The Balaban J connectivity index is 1.43. The molecule has 1 heterocycles. The standard InChI is InChI=1S/C30H28N4O4/c1-22-31-23-10-2-6-14-27(23)35-18-20-37-29-16-8-4-12-25(29)33-34-26-13-5-9-17-30(26)38-21-19-36-28-15-7-3-11-24(28)32-22/h2-17H,18-21H2,1H3,(H,31,32). The average Bonchev–Trinajstić information content (AvgIpc) is 2.94. The van der Waals surface area contributed by atoms with E-state index in [9.17, 15) is 0 Å². The Morgan fingerprint density at radius 1 is 0.500 bits per heavy atom. The van der Waals surface area contributed by atoms with Gasteiger partial charge in [-0.15, -0.1) is 10.2 Å². The van der Waals surface area contributed by atoms with Gasteiger partial charge in [-0.1, -0.05) is 48.5 Å². The Morgan fingerprint density at radius 3 is 1.45 bits per heavy atom. The smallest absolute Gasteiger partial charge is 0.146 e. The molecule has 4 aromatic carbocycles. The number of rotatable bonds is 0. The molecule has 0 spiro atoms. The lowest BCUT2D eigenvalue weighted by Gasteiger charge is -2.14. The summed E-state index contributed by atoms with van der Waals surface area (Å²) in [5.74, 6) is 3.28. The van der Waals surface area contributed by atoms with Crippen molar-refractivity contribution in [3.63, 3.8) is 0 Å². The highest BCUT2D eigenvalue weighted by molar-refractivity contribution is 5.96. The molecular weight excluding hydrogens is 480 g/mol. The van der Waals surface area contributed by atoms with Gasteiger partial charge in [-0.3, -0.25) is 0 Å². The summed E-state index contributed by atoms with van der Waals surface area (Å²) in [5, 5.41) is 12.2. The molecule has 0 fully saturated rings. The van der Waals surface area contributed by atoms with E-state index in [-0.39, 0.29) is 0 Å². The number of amidine groups is 1. The maximum Gasteiger partial charge on any atom is 0.146 e. The van der Waals surface area contributed by atoms with Crippen molar-refractivity contribution in [1.29, 1.82) is 0 Å². The minimum absolute atomic E-state index is 0.326. The molecule has 38 heavy (non-hydrogen) atoms. The molecule has 0 amide bonds. The fourth-order valence-electron chi connectivity index (χ4n) is 3.81. The Morgan fingerprint density at radius 2 is 0.895 bits per heavy atom. The maximum atomic E-state index is 6.03. The number of nitrogens with one attached hydrogen (secondary N) is 1. The number of fused-ring (bicyclic) bond motifs is 4. The molecule has 0 saturated carbocycles. The van der Waals surface area contributed by atoms with Crippen LogP contribution in [0.15, 0.2) is 112 Å². The first-order valence-electron chi connectivity index (χ1n) is 12.4. The summed E-state index contributed by atoms with van der Waals surface area (Å²) in [6, 6.07) is 30.3. The number of hydrogen-bond acceptors (Lipinski definition) is 8. The minimum atomic E-state index is 0.326. The lowest BCUT2D eigenvalue weighted by molar-refractivity contribution is 0.218. The van der Waals surface area contributed by atoms with Crippen LogP contribution < -0.4 is 24.3 Å². The van der Waals surface area contributed by atoms with Gasteiger partial charge in [0.05, 0.1) is 5.69 Å². The lowest BCUT2D eigenvalue weighted by Crippen LogP contribution is -2.12. The molecular formula is C30H28N4O4. The second-order valence-electron chi connectivity index (χ2n) is 8.32. The van der Waals surface area contributed by atoms with Crippen LogP contribution in [0.4, 0.5) is 22.7 Å². The van der Waals surface area contributed by atoms with E-state index < -0.39 is 0 Å². The molecule has 1 aliphatic rings. The van der Waals surface area contributed by atoms with Crippen LogP contribution in [0.2, 0.25) is 0 Å². The topological polar surface area (TPSA) is 86.0 Å².